The Morgan fingerprint density at radius 3 is 2.69 bits per heavy atom. The summed E-state index contributed by atoms with van der Waals surface area (Å²) in [6.45, 7) is 5.52. The number of methoxy groups -OCH3 is 1. The van der Waals surface area contributed by atoms with E-state index in [1.165, 1.54) is 0 Å². The van der Waals surface area contributed by atoms with Gasteiger partial charge in [0.15, 0.2) is 0 Å². The Morgan fingerprint density at radius 2 is 2.00 bits per heavy atom. The standard InChI is InChI=1S/C22H32N2O5/c1-16-3-4-21(29-16)13-23-12-17-11-20(27-2)5-6-22(17)28-15-19(26)14-24-9-7-18(25)8-10-24/h3-6,11,18-19,23,25-26H,7-10,12-15H2,1-2H3. The highest BCUT2D eigenvalue weighted by atomic mass is 16.5. The molecule has 1 aliphatic rings. The first-order valence-electron chi connectivity index (χ1n) is 10.2. The van der Waals surface area contributed by atoms with Crippen molar-refractivity contribution in [1.29, 1.82) is 0 Å². The average molecular weight is 405 g/mol. The smallest absolute Gasteiger partial charge is 0.124 e. The molecule has 1 aliphatic heterocycles. The molecular formula is C22H32N2O5. The molecule has 1 fully saturated rings. The number of likely N-dealkylation sites (tertiary alicyclic amines) is 1. The van der Waals surface area contributed by atoms with Gasteiger partial charge < -0.3 is 34.3 Å². The lowest BCUT2D eigenvalue weighted by Gasteiger charge is -2.31. The summed E-state index contributed by atoms with van der Waals surface area (Å²) >= 11 is 0. The molecular weight excluding hydrogens is 372 g/mol. The van der Waals surface area contributed by atoms with Crippen LogP contribution in [0.25, 0.3) is 0 Å². The zero-order valence-corrected chi connectivity index (χ0v) is 17.3. The van der Waals surface area contributed by atoms with Crippen LogP contribution in [0.4, 0.5) is 0 Å². The first kappa shape index (κ1) is 21.6. The fourth-order valence-electron chi connectivity index (χ4n) is 3.50. The van der Waals surface area contributed by atoms with E-state index in [1.807, 2.05) is 37.3 Å². The molecule has 0 radical (unpaired) electrons. The molecule has 7 nitrogen and oxygen atoms in total. The number of ether oxygens (including phenoxy) is 2. The number of furan rings is 1. The maximum absolute atomic E-state index is 10.4. The van der Waals surface area contributed by atoms with Crippen molar-refractivity contribution in [3.8, 4) is 11.5 Å². The van der Waals surface area contributed by atoms with Crippen LogP contribution in [0.1, 0.15) is 29.9 Å². The highest BCUT2D eigenvalue weighted by Gasteiger charge is 2.20. The zero-order chi connectivity index (χ0) is 20.6. The number of aliphatic hydroxyl groups excluding tert-OH is 2. The lowest BCUT2D eigenvalue weighted by molar-refractivity contribution is 0.0336. The van der Waals surface area contributed by atoms with E-state index in [2.05, 4.69) is 10.2 Å². The number of aliphatic hydroxyl groups is 2. The largest absolute Gasteiger partial charge is 0.497 e. The Hall–Kier alpha value is -2.06. The SMILES string of the molecule is COc1ccc(OCC(O)CN2CCC(O)CC2)c(CNCc2ccc(C)o2)c1. The minimum absolute atomic E-state index is 0.209. The van der Waals surface area contributed by atoms with E-state index in [0.717, 1.165) is 54.5 Å². The molecule has 1 aromatic heterocycles. The normalized spacial score (nSPS) is 16.7. The molecule has 2 heterocycles. The van der Waals surface area contributed by atoms with Crippen molar-refractivity contribution in [3.05, 3.63) is 47.4 Å². The van der Waals surface area contributed by atoms with Gasteiger partial charge in [0.2, 0.25) is 0 Å². The van der Waals surface area contributed by atoms with Crippen LogP contribution in [0.3, 0.4) is 0 Å². The number of nitrogens with zero attached hydrogens (tertiary/aromatic N) is 1. The van der Waals surface area contributed by atoms with Gasteiger partial charge in [-0.2, -0.15) is 0 Å². The molecule has 7 heteroatoms. The maximum atomic E-state index is 10.4. The van der Waals surface area contributed by atoms with Crippen LogP contribution in [0.2, 0.25) is 0 Å². The molecule has 1 unspecified atom stereocenters. The van der Waals surface area contributed by atoms with E-state index in [9.17, 15) is 10.2 Å². The second kappa shape index (κ2) is 10.6. The molecule has 1 saturated heterocycles. The number of aryl methyl sites for hydroxylation is 1. The van der Waals surface area contributed by atoms with Crippen molar-refractivity contribution >= 4 is 0 Å². The Balaban J connectivity index is 1.52. The molecule has 29 heavy (non-hydrogen) atoms. The minimum atomic E-state index is -0.584. The van der Waals surface area contributed by atoms with Crippen molar-refractivity contribution in [2.45, 2.75) is 45.1 Å². The van der Waals surface area contributed by atoms with Crippen LogP contribution in [-0.4, -0.2) is 60.7 Å². The summed E-state index contributed by atoms with van der Waals surface area (Å²) in [4.78, 5) is 2.17. The number of β-amino-alcohol motifs (C(OH)–C–C–N with tert-alkyl or cyclic N) is 1. The van der Waals surface area contributed by atoms with Gasteiger partial charge in [0, 0.05) is 31.7 Å². The number of hydrogen-bond acceptors (Lipinski definition) is 7. The van der Waals surface area contributed by atoms with Crippen LogP contribution >= 0.6 is 0 Å². The highest BCUT2D eigenvalue weighted by molar-refractivity contribution is 5.40. The van der Waals surface area contributed by atoms with Gasteiger partial charge in [0.05, 0.1) is 19.8 Å². The van der Waals surface area contributed by atoms with E-state index in [0.29, 0.717) is 19.6 Å². The van der Waals surface area contributed by atoms with Crippen LogP contribution in [-0.2, 0) is 13.1 Å². The third-order valence-corrected chi connectivity index (χ3v) is 5.14. The van der Waals surface area contributed by atoms with Gasteiger partial charge in [-0.1, -0.05) is 0 Å². The topological polar surface area (TPSA) is 87.3 Å². The van der Waals surface area contributed by atoms with Crippen LogP contribution in [0.15, 0.2) is 34.7 Å². The van der Waals surface area contributed by atoms with Gasteiger partial charge in [-0.3, -0.25) is 0 Å². The summed E-state index contributed by atoms with van der Waals surface area (Å²) in [7, 11) is 1.64. The van der Waals surface area contributed by atoms with Gasteiger partial charge in [0.25, 0.3) is 0 Å². The Morgan fingerprint density at radius 1 is 1.21 bits per heavy atom. The van der Waals surface area contributed by atoms with E-state index in [4.69, 9.17) is 13.9 Å². The van der Waals surface area contributed by atoms with E-state index >= 15 is 0 Å². The quantitative estimate of drug-likeness (QED) is 0.559. The minimum Gasteiger partial charge on any atom is -0.497 e. The number of hydrogen-bond donors (Lipinski definition) is 3. The number of nitrogens with one attached hydrogen (secondary N) is 1. The number of rotatable bonds is 10. The molecule has 0 saturated carbocycles. The molecule has 1 aromatic carbocycles. The Bertz CT molecular complexity index is 755. The van der Waals surface area contributed by atoms with Gasteiger partial charge in [0.1, 0.15) is 35.7 Å². The van der Waals surface area contributed by atoms with Crippen molar-refractivity contribution < 1.29 is 24.1 Å². The predicted octanol–water partition coefficient (Wildman–Crippen LogP) is 2.08. The molecule has 3 N–H and O–H groups in total. The second-order valence-electron chi connectivity index (χ2n) is 7.59. The lowest BCUT2D eigenvalue weighted by atomic mass is 10.1. The average Bonchev–Trinajstić information content (AvgIpc) is 3.13. The van der Waals surface area contributed by atoms with Crippen LogP contribution < -0.4 is 14.8 Å². The number of benzene rings is 1. The monoisotopic (exact) mass is 404 g/mol. The molecule has 0 bridgehead atoms. The van der Waals surface area contributed by atoms with Gasteiger partial charge >= 0.3 is 0 Å². The first-order chi connectivity index (χ1) is 14.0. The lowest BCUT2D eigenvalue weighted by Crippen LogP contribution is -2.41. The summed E-state index contributed by atoms with van der Waals surface area (Å²) in [6.07, 6.45) is 0.729. The van der Waals surface area contributed by atoms with E-state index in [-0.39, 0.29) is 12.7 Å². The van der Waals surface area contributed by atoms with Crippen LogP contribution in [0, 0.1) is 6.92 Å². The van der Waals surface area contributed by atoms with Crippen molar-refractivity contribution in [3.63, 3.8) is 0 Å². The molecule has 160 valence electrons. The molecule has 3 rings (SSSR count). The van der Waals surface area contributed by atoms with E-state index in [1.54, 1.807) is 7.11 Å². The molecule has 0 aliphatic carbocycles. The maximum Gasteiger partial charge on any atom is 0.124 e. The summed E-state index contributed by atoms with van der Waals surface area (Å²) in [6, 6.07) is 9.57. The van der Waals surface area contributed by atoms with E-state index < -0.39 is 6.10 Å². The summed E-state index contributed by atoms with van der Waals surface area (Å²) < 4.78 is 16.8. The van der Waals surface area contributed by atoms with Crippen molar-refractivity contribution in [1.82, 2.24) is 10.2 Å². The fraction of sp³-hybridized carbons (Fsp3) is 0.545. The highest BCUT2D eigenvalue weighted by Crippen LogP contribution is 2.24. The third kappa shape index (κ3) is 6.75. The van der Waals surface area contributed by atoms with Crippen molar-refractivity contribution in [2.24, 2.45) is 0 Å². The Labute approximate surface area is 172 Å². The summed E-state index contributed by atoms with van der Waals surface area (Å²) in [5.74, 6) is 3.26. The second-order valence-corrected chi connectivity index (χ2v) is 7.59. The van der Waals surface area contributed by atoms with Gasteiger partial charge in [-0.05, 0) is 50.1 Å². The van der Waals surface area contributed by atoms with Crippen molar-refractivity contribution in [2.75, 3.05) is 33.4 Å². The number of piperidine rings is 1. The molecule has 1 atom stereocenters. The predicted molar refractivity (Wildman–Crippen MR) is 110 cm³/mol. The van der Waals surface area contributed by atoms with Crippen LogP contribution in [0.5, 0.6) is 11.5 Å². The first-order valence-corrected chi connectivity index (χ1v) is 10.2. The van der Waals surface area contributed by atoms with Gasteiger partial charge in [-0.25, -0.2) is 0 Å². The molecule has 0 spiro atoms. The van der Waals surface area contributed by atoms with Gasteiger partial charge in [-0.15, -0.1) is 0 Å². The third-order valence-electron chi connectivity index (χ3n) is 5.14. The summed E-state index contributed by atoms with van der Waals surface area (Å²) in [5, 5.41) is 23.3. The fourth-order valence-corrected chi connectivity index (χ4v) is 3.50. The molecule has 2 aromatic rings. The zero-order valence-electron chi connectivity index (χ0n) is 17.3. The molecule has 0 amide bonds. The summed E-state index contributed by atoms with van der Waals surface area (Å²) in [5.41, 5.74) is 0.959. The Kier molecular flexibility index (Phi) is 7.94.